The summed E-state index contributed by atoms with van der Waals surface area (Å²) in [6, 6.07) is 17.1. The van der Waals surface area contributed by atoms with Crippen molar-refractivity contribution < 1.29 is 4.79 Å². The molecule has 0 aliphatic carbocycles. The van der Waals surface area contributed by atoms with Gasteiger partial charge in [0.05, 0.1) is 20.8 Å². The van der Waals surface area contributed by atoms with Crippen LogP contribution in [0.25, 0.3) is 21.0 Å². The number of thiazole rings is 1. The molecule has 0 aliphatic heterocycles. The van der Waals surface area contributed by atoms with Gasteiger partial charge in [-0.15, -0.1) is 6.58 Å². The molecule has 134 valence electrons. The zero-order valence-electron chi connectivity index (χ0n) is 14.2. The first-order chi connectivity index (χ1) is 13.1. The number of nitrogens with zero attached hydrogens (tertiary/aromatic N) is 2. The third kappa shape index (κ3) is 3.32. The lowest BCUT2D eigenvalue weighted by Gasteiger charge is -2.03. The number of halogens is 2. The van der Waals surface area contributed by atoms with Gasteiger partial charge in [-0.1, -0.05) is 70.9 Å². The Morgan fingerprint density at radius 3 is 2.74 bits per heavy atom. The number of carbonyl (C=O) groups is 1. The summed E-state index contributed by atoms with van der Waals surface area (Å²) in [6.45, 7) is 4.38. The summed E-state index contributed by atoms with van der Waals surface area (Å²) >= 11 is 13.6. The molecule has 0 saturated carbocycles. The molecule has 1 aromatic heterocycles. The highest BCUT2D eigenvalue weighted by Crippen LogP contribution is 2.28. The molecule has 4 aromatic rings. The second kappa shape index (κ2) is 7.31. The molecule has 0 radical (unpaired) electrons. The Kier molecular flexibility index (Phi) is 4.87. The molecule has 0 fully saturated rings. The number of amides is 1. The Bertz CT molecular complexity index is 1270. The molecule has 4 rings (SSSR count). The predicted molar refractivity (Wildman–Crippen MR) is 114 cm³/mol. The van der Waals surface area contributed by atoms with Crippen LogP contribution in [0, 0.1) is 0 Å². The lowest BCUT2D eigenvalue weighted by molar-refractivity contribution is 0.0998. The highest BCUT2D eigenvalue weighted by atomic mass is 35.5. The van der Waals surface area contributed by atoms with Gasteiger partial charge in [0.25, 0.3) is 5.91 Å². The number of benzene rings is 3. The molecule has 0 unspecified atom stereocenters. The van der Waals surface area contributed by atoms with E-state index in [9.17, 15) is 4.79 Å². The Morgan fingerprint density at radius 1 is 1.15 bits per heavy atom. The monoisotopic (exact) mass is 412 g/mol. The SMILES string of the molecule is C=CCn1c(=NC(=O)c2ccc(Cl)cc2Cl)sc2c3ccccc3ccc21. The van der Waals surface area contributed by atoms with Crippen molar-refractivity contribution in [2.45, 2.75) is 6.54 Å². The smallest absolute Gasteiger partial charge is 0.281 e. The predicted octanol–water partition coefficient (Wildman–Crippen LogP) is 6.09. The second-order valence-electron chi connectivity index (χ2n) is 5.96. The molecule has 1 heterocycles. The van der Waals surface area contributed by atoms with E-state index in [0.717, 1.165) is 21.0 Å². The molecule has 0 bridgehead atoms. The Labute approximate surface area is 169 Å². The molecule has 0 aliphatic rings. The van der Waals surface area contributed by atoms with Crippen molar-refractivity contribution in [3.63, 3.8) is 0 Å². The van der Waals surface area contributed by atoms with Crippen LogP contribution in [0.3, 0.4) is 0 Å². The van der Waals surface area contributed by atoms with Gasteiger partial charge >= 0.3 is 0 Å². The zero-order chi connectivity index (χ0) is 19.0. The largest absolute Gasteiger partial charge is 0.312 e. The summed E-state index contributed by atoms with van der Waals surface area (Å²) in [5, 5.41) is 3.05. The maximum atomic E-state index is 12.7. The topological polar surface area (TPSA) is 34.4 Å². The molecular formula is C21H14Cl2N2OS. The number of hydrogen-bond acceptors (Lipinski definition) is 2. The van der Waals surface area contributed by atoms with Crippen LogP contribution in [0.15, 0.2) is 72.2 Å². The third-order valence-electron chi connectivity index (χ3n) is 4.24. The molecular weight excluding hydrogens is 399 g/mol. The minimum atomic E-state index is -0.398. The number of fused-ring (bicyclic) bond motifs is 3. The van der Waals surface area contributed by atoms with Crippen LogP contribution in [0.1, 0.15) is 10.4 Å². The van der Waals surface area contributed by atoms with Gasteiger partial charge in [0, 0.05) is 17.0 Å². The van der Waals surface area contributed by atoms with E-state index in [1.165, 1.54) is 11.3 Å². The Balaban J connectivity index is 1.95. The Hall–Kier alpha value is -2.40. The van der Waals surface area contributed by atoms with E-state index >= 15 is 0 Å². The fourth-order valence-corrected chi connectivity index (χ4v) is 4.66. The highest BCUT2D eigenvalue weighted by Gasteiger charge is 2.13. The van der Waals surface area contributed by atoms with E-state index in [1.54, 1.807) is 24.3 Å². The van der Waals surface area contributed by atoms with Crippen molar-refractivity contribution in [2.75, 3.05) is 0 Å². The van der Waals surface area contributed by atoms with Crippen molar-refractivity contribution in [3.05, 3.63) is 87.7 Å². The van der Waals surface area contributed by atoms with Crippen molar-refractivity contribution >= 4 is 61.4 Å². The number of hydrogen-bond donors (Lipinski definition) is 0. The molecule has 0 spiro atoms. The summed E-state index contributed by atoms with van der Waals surface area (Å²) in [6.07, 6.45) is 1.79. The first-order valence-corrected chi connectivity index (χ1v) is 9.82. The van der Waals surface area contributed by atoms with E-state index in [1.807, 2.05) is 16.7 Å². The summed E-state index contributed by atoms with van der Waals surface area (Å²) in [4.78, 5) is 17.7. The van der Waals surface area contributed by atoms with Gasteiger partial charge in [0.1, 0.15) is 0 Å². The summed E-state index contributed by atoms with van der Waals surface area (Å²) in [7, 11) is 0. The van der Waals surface area contributed by atoms with Gasteiger partial charge in [-0.2, -0.15) is 4.99 Å². The van der Waals surface area contributed by atoms with Gasteiger partial charge < -0.3 is 4.57 Å². The number of aromatic nitrogens is 1. The standard InChI is InChI=1S/C21H14Cl2N2OS/c1-2-11-25-18-10-7-13-5-3-4-6-15(13)19(18)27-21(25)24-20(26)16-9-8-14(22)12-17(16)23/h2-10,12H,1,11H2. The number of allylic oxidation sites excluding steroid dienone is 1. The molecule has 1 amide bonds. The van der Waals surface area contributed by atoms with E-state index in [4.69, 9.17) is 23.2 Å². The number of carbonyl (C=O) groups excluding carboxylic acids is 1. The normalized spacial score (nSPS) is 12.0. The average molecular weight is 413 g/mol. The lowest BCUT2D eigenvalue weighted by Crippen LogP contribution is -2.16. The van der Waals surface area contributed by atoms with E-state index in [-0.39, 0.29) is 5.02 Å². The van der Waals surface area contributed by atoms with Gasteiger partial charge in [-0.3, -0.25) is 4.79 Å². The fraction of sp³-hybridized carbons (Fsp3) is 0.0476. The van der Waals surface area contributed by atoms with Crippen LogP contribution < -0.4 is 4.80 Å². The van der Waals surface area contributed by atoms with Crippen LogP contribution >= 0.6 is 34.5 Å². The van der Waals surface area contributed by atoms with Crippen LogP contribution in [0.2, 0.25) is 10.0 Å². The molecule has 3 aromatic carbocycles. The van der Waals surface area contributed by atoms with Crippen molar-refractivity contribution in [1.29, 1.82) is 0 Å². The van der Waals surface area contributed by atoms with Crippen molar-refractivity contribution in [2.24, 2.45) is 4.99 Å². The van der Waals surface area contributed by atoms with Crippen LogP contribution in [-0.4, -0.2) is 10.5 Å². The first-order valence-electron chi connectivity index (χ1n) is 8.24. The van der Waals surface area contributed by atoms with Gasteiger partial charge in [-0.05, 0) is 29.7 Å². The summed E-state index contributed by atoms with van der Waals surface area (Å²) < 4.78 is 3.07. The minimum Gasteiger partial charge on any atom is -0.312 e. The van der Waals surface area contributed by atoms with Crippen molar-refractivity contribution in [1.82, 2.24) is 4.57 Å². The zero-order valence-corrected chi connectivity index (χ0v) is 16.5. The van der Waals surface area contributed by atoms with Crippen LogP contribution in [-0.2, 0) is 6.54 Å². The van der Waals surface area contributed by atoms with Gasteiger partial charge in [0.15, 0.2) is 4.80 Å². The third-order valence-corrected chi connectivity index (χ3v) is 5.92. The molecule has 3 nitrogen and oxygen atoms in total. The molecule has 6 heteroatoms. The van der Waals surface area contributed by atoms with E-state index in [2.05, 4.69) is 35.8 Å². The molecule has 27 heavy (non-hydrogen) atoms. The molecule has 0 atom stereocenters. The van der Waals surface area contributed by atoms with Gasteiger partial charge in [0.2, 0.25) is 0 Å². The minimum absolute atomic E-state index is 0.290. The quantitative estimate of drug-likeness (QED) is 0.374. The van der Waals surface area contributed by atoms with Crippen LogP contribution in [0.4, 0.5) is 0 Å². The molecule has 0 saturated heterocycles. The van der Waals surface area contributed by atoms with Crippen molar-refractivity contribution in [3.8, 4) is 0 Å². The first kappa shape index (κ1) is 18.0. The maximum absolute atomic E-state index is 12.7. The lowest BCUT2D eigenvalue weighted by atomic mass is 10.1. The Morgan fingerprint density at radius 2 is 1.96 bits per heavy atom. The maximum Gasteiger partial charge on any atom is 0.281 e. The van der Waals surface area contributed by atoms with Crippen LogP contribution in [0.5, 0.6) is 0 Å². The van der Waals surface area contributed by atoms with E-state index < -0.39 is 5.91 Å². The summed E-state index contributed by atoms with van der Waals surface area (Å²) in [5.41, 5.74) is 1.35. The second-order valence-corrected chi connectivity index (χ2v) is 7.78. The van der Waals surface area contributed by atoms with E-state index in [0.29, 0.717) is 21.9 Å². The average Bonchev–Trinajstić information content (AvgIpc) is 2.99. The molecule has 0 N–H and O–H groups in total. The highest BCUT2D eigenvalue weighted by molar-refractivity contribution is 7.17. The fourth-order valence-electron chi connectivity index (χ4n) is 3.00. The summed E-state index contributed by atoms with van der Waals surface area (Å²) in [5.74, 6) is -0.398. The number of rotatable bonds is 3. The van der Waals surface area contributed by atoms with Gasteiger partial charge in [-0.25, -0.2) is 0 Å².